The van der Waals surface area contributed by atoms with Crippen molar-refractivity contribution in [2.24, 2.45) is 0 Å². The summed E-state index contributed by atoms with van der Waals surface area (Å²) in [7, 11) is 5.80. The molecule has 1 saturated heterocycles. The minimum absolute atomic E-state index is 0.0375. The van der Waals surface area contributed by atoms with Crippen LogP contribution in [0.15, 0.2) is 18.3 Å². The first-order chi connectivity index (χ1) is 9.11. The second-order valence-corrected chi connectivity index (χ2v) is 5.14. The molecule has 19 heavy (non-hydrogen) atoms. The molecular weight excluding hydrogens is 240 g/mol. The van der Waals surface area contributed by atoms with Gasteiger partial charge in [-0.3, -0.25) is 4.79 Å². The highest BCUT2D eigenvalue weighted by molar-refractivity contribution is 5.93. The summed E-state index contributed by atoms with van der Waals surface area (Å²) < 4.78 is 0. The molecular formula is C14H22N4O. The number of nitrogens with one attached hydrogen (secondary N) is 1. The summed E-state index contributed by atoms with van der Waals surface area (Å²) in [6.45, 7) is 1.91. The molecule has 1 amide bonds. The molecule has 1 aliphatic heterocycles. The van der Waals surface area contributed by atoms with Crippen molar-refractivity contribution >= 4 is 11.7 Å². The van der Waals surface area contributed by atoms with E-state index in [1.807, 2.05) is 26.2 Å². The highest BCUT2D eigenvalue weighted by Crippen LogP contribution is 2.16. The first kappa shape index (κ1) is 13.8. The molecule has 1 fully saturated rings. The molecule has 0 aliphatic carbocycles. The van der Waals surface area contributed by atoms with Crippen molar-refractivity contribution in [2.75, 3.05) is 39.5 Å². The Balaban J connectivity index is 1.97. The molecule has 2 heterocycles. The maximum Gasteiger partial charge on any atom is 0.255 e. The fraction of sp³-hybridized carbons (Fsp3) is 0.571. The van der Waals surface area contributed by atoms with Gasteiger partial charge in [-0.2, -0.15) is 0 Å². The smallest absolute Gasteiger partial charge is 0.255 e. The predicted molar refractivity (Wildman–Crippen MR) is 76.4 cm³/mol. The topological polar surface area (TPSA) is 48.5 Å². The molecule has 2 rings (SSSR count). The van der Waals surface area contributed by atoms with E-state index in [4.69, 9.17) is 0 Å². The van der Waals surface area contributed by atoms with Gasteiger partial charge in [-0.25, -0.2) is 4.98 Å². The van der Waals surface area contributed by atoms with Gasteiger partial charge >= 0.3 is 0 Å². The Labute approximate surface area is 114 Å². The Morgan fingerprint density at radius 3 is 2.89 bits per heavy atom. The van der Waals surface area contributed by atoms with Crippen LogP contribution in [0.25, 0.3) is 0 Å². The van der Waals surface area contributed by atoms with Gasteiger partial charge in [-0.15, -0.1) is 0 Å². The first-order valence-electron chi connectivity index (χ1n) is 6.71. The molecule has 5 heteroatoms. The third kappa shape index (κ3) is 3.23. The van der Waals surface area contributed by atoms with Crippen LogP contribution in [0.4, 0.5) is 5.82 Å². The number of amides is 1. The second-order valence-electron chi connectivity index (χ2n) is 5.14. The molecule has 1 N–H and O–H groups in total. The molecule has 0 aromatic carbocycles. The quantitative estimate of drug-likeness (QED) is 0.888. The minimum atomic E-state index is 0.0375. The summed E-state index contributed by atoms with van der Waals surface area (Å²) in [4.78, 5) is 20.6. The van der Waals surface area contributed by atoms with Gasteiger partial charge in [0.05, 0.1) is 5.56 Å². The van der Waals surface area contributed by atoms with Gasteiger partial charge in [0.1, 0.15) is 5.82 Å². The number of pyridine rings is 1. The maximum absolute atomic E-state index is 12.3. The van der Waals surface area contributed by atoms with Crippen molar-refractivity contribution in [3.05, 3.63) is 23.9 Å². The molecule has 1 atom stereocenters. The Morgan fingerprint density at radius 1 is 1.58 bits per heavy atom. The maximum atomic E-state index is 12.3. The summed E-state index contributed by atoms with van der Waals surface area (Å²) in [5, 5.41) is 2.94. The lowest BCUT2D eigenvalue weighted by Gasteiger charge is -2.25. The zero-order chi connectivity index (χ0) is 13.8. The standard InChI is InChI=1S/C14H22N4O/c1-15-13-7-6-11(9-16-13)14(19)18(3)10-12-5-4-8-17(12)2/h6-7,9,12H,4-5,8,10H2,1-3H3,(H,15,16). The number of rotatable bonds is 4. The third-order valence-corrected chi connectivity index (χ3v) is 3.77. The molecule has 1 aromatic rings. The van der Waals surface area contributed by atoms with Crippen LogP contribution in [-0.2, 0) is 0 Å². The van der Waals surface area contributed by atoms with Crippen LogP contribution in [0.3, 0.4) is 0 Å². The summed E-state index contributed by atoms with van der Waals surface area (Å²) in [6, 6.07) is 4.12. The highest BCUT2D eigenvalue weighted by atomic mass is 16.2. The Morgan fingerprint density at radius 2 is 2.37 bits per heavy atom. The number of carbonyl (C=O) groups excluding carboxylic acids is 1. The van der Waals surface area contributed by atoms with Gasteiger partial charge in [0, 0.05) is 32.9 Å². The van der Waals surface area contributed by atoms with Crippen LogP contribution in [-0.4, -0.2) is 61.0 Å². The van der Waals surface area contributed by atoms with E-state index in [2.05, 4.69) is 22.2 Å². The van der Waals surface area contributed by atoms with Gasteiger partial charge in [0.25, 0.3) is 5.91 Å². The molecule has 1 aromatic heterocycles. The van der Waals surface area contributed by atoms with Crippen molar-refractivity contribution in [1.29, 1.82) is 0 Å². The van der Waals surface area contributed by atoms with Crippen molar-refractivity contribution < 1.29 is 4.79 Å². The zero-order valence-electron chi connectivity index (χ0n) is 11.9. The van der Waals surface area contributed by atoms with E-state index >= 15 is 0 Å². The van der Waals surface area contributed by atoms with Crippen LogP contribution in [0.5, 0.6) is 0 Å². The molecule has 5 nitrogen and oxygen atoms in total. The Kier molecular flexibility index (Phi) is 4.37. The zero-order valence-corrected chi connectivity index (χ0v) is 11.9. The summed E-state index contributed by atoms with van der Waals surface area (Å²) in [6.07, 6.45) is 4.02. The van der Waals surface area contributed by atoms with Gasteiger partial charge in [-0.1, -0.05) is 0 Å². The average Bonchev–Trinajstić information content (AvgIpc) is 2.83. The van der Waals surface area contributed by atoms with Crippen LogP contribution >= 0.6 is 0 Å². The van der Waals surface area contributed by atoms with E-state index in [1.165, 1.54) is 12.8 Å². The van der Waals surface area contributed by atoms with Crippen LogP contribution in [0, 0.1) is 0 Å². The highest BCUT2D eigenvalue weighted by Gasteiger charge is 2.24. The molecule has 1 aliphatic rings. The number of likely N-dealkylation sites (N-methyl/N-ethyl adjacent to an activating group) is 2. The minimum Gasteiger partial charge on any atom is -0.373 e. The van der Waals surface area contributed by atoms with Crippen LogP contribution in [0.1, 0.15) is 23.2 Å². The fourth-order valence-corrected chi connectivity index (χ4v) is 2.50. The summed E-state index contributed by atoms with van der Waals surface area (Å²) in [5.41, 5.74) is 0.641. The molecule has 0 saturated carbocycles. The summed E-state index contributed by atoms with van der Waals surface area (Å²) >= 11 is 0. The van der Waals surface area contributed by atoms with Crippen molar-refractivity contribution in [1.82, 2.24) is 14.8 Å². The van der Waals surface area contributed by atoms with E-state index in [0.717, 1.165) is 18.9 Å². The largest absolute Gasteiger partial charge is 0.373 e. The number of carbonyl (C=O) groups is 1. The second kappa shape index (κ2) is 6.02. The van der Waals surface area contributed by atoms with Gasteiger partial charge in [-0.05, 0) is 38.6 Å². The van der Waals surface area contributed by atoms with Crippen molar-refractivity contribution in [2.45, 2.75) is 18.9 Å². The number of hydrogen-bond donors (Lipinski definition) is 1. The van der Waals surface area contributed by atoms with Gasteiger partial charge in [0.2, 0.25) is 0 Å². The predicted octanol–water partition coefficient (Wildman–Crippen LogP) is 1.29. The number of likely N-dealkylation sites (tertiary alicyclic amines) is 1. The number of nitrogens with zero attached hydrogens (tertiary/aromatic N) is 3. The lowest BCUT2D eigenvalue weighted by molar-refractivity contribution is 0.0761. The number of hydrogen-bond acceptors (Lipinski definition) is 4. The van der Waals surface area contributed by atoms with E-state index < -0.39 is 0 Å². The average molecular weight is 262 g/mol. The monoisotopic (exact) mass is 262 g/mol. The lowest BCUT2D eigenvalue weighted by Crippen LogP contribution is -2.39. The fourth-order valence-electron chi connectivity index (χ4n) is 2.50. The van der Waals surface area contributed by atoms with Crippen LogP contribution < -0.4 is 5.32 Å². The van der Waals surface area contributed by atoms with Crippen molar-refractivity contribution in [3.63, 3.8) is 0 Å². The van der Waals surface area contributed by atoms with Crippen LogP contribution in [0.2, 0.25) is 0 Å². The van der Waals surface area contributed by atoms with E-state index in [0.29, 0.717) is 11.6 Å². The molecule has 104 valence electrons. The third-order valence-electron chi connectivity index (χ3n) is 3.77. The van der Waals surface area contributed by atoms with Gasteiger partial charge in [0.15, 0.2) is 0 Å². The first-order valence-corrected chi connectivity index (χ1v) is 6.71. The van der Waals surface area contributed by atoms with E-state index in [9.17, 15) is 4.79 Å². The molecule has 0 spiro atoms. The van der Waals surface area contributed by atoms with Gasteiger partial charge < -0.3 is 15.1 Å². The normalized spacial score (nSPS) is 19.4. The van der Waals surface area contributed by atoms with Crippen molar-refractivity contribution in [3.8, 4) is 0 Å². The molecule has 0 bridgehead atoms. The Bertz CT molecular complexity index is 432. The molecule has 1 unspecified atom stereocenters. The number of anilines is 1. The number of aromatic nitrogens is 1. The lowest BCUT2D eigenvalue weighted by atomic mass is 10.2. The molecule has 0 radical (unpaired) electrons. The Hall–Kier alpha value is -1.62. The summed E-state index contributed by atoms with van der Waals surface area (Å²) in [5.74, 6) is 0.810. The SMILES string of the molecule is CNc1ccc(C(=O)N(C)CC2CCCN2C)cn1. The van der Waals surface area contributed by atoms with E-state index in [-0.39, 0.29) is 5.91 Å². The van der Waals surface area contributed by atoms with E-state index in [1.54, 1.807) is 11.1 Å².